The van der Waals surface area contributed by atoms with E-state index in [0.29, 0.717) is 4.59 Å². The molecule has 0 unspecified atom stereocenters. The van der Waals surface area contributed by atoms with Gasteiger partial charge in [-0.05, 0) is 0 Å². The molecule has 0 aliphatic heterocycles. The predicted molar refractivity (Wildman–Crippen MR) is 111 cm³/mol. The summed E-state index contributed by atoms with van der Waals surface area (Å²) in [5.41, 5.74) is -5.13. The fourth-order valence-electron chi connectivity index (χ4n) is 3.72. The van der Waals surface area contributed by atoms with E-state index >= 15 is 0 Å². The summed E-state index contributed by atoms with van der Waals surface area (Å²) >= 11 is 0. The molecule has 0 bridgehead atoms. The van der Waals surface area contributed by atoms with Crippen LogP contribution in [0.4, 0.5) is 43.9 Å². The van der Waals surface area contributed by atoms with Crippen molar-refractivity contribution in [3.05, 3.63) is 75.6 Å². The maximum absolute atomic E-state index is 15.0. The van der Waals surface area contributed by atoms with Crippen molar-refractivity contribution in [2.24, 2.45) is 0 Å². The number of nitrogens with zero attached hydrogens (tertiary/aromatic N) is 1. The number of rotatable bonds is 3. The maximum Gasteiger partial charge on any atom is 0.311 e. The molecule has 0 saturated carbocycles. The van der Waals surface area contributed by atoms with Crippen LogP contribution in [0.25, 0.3) is 0 Å². The molecule has 0 saturated heterocycles. The molecule has 0 fully saturated rings. The lowest BCUT2D eigenvalue weighted by Crippen LogP contribution is -2.72. The van der Waals surface area contributed by atoms with Crippen LogP contribution in [-0.2, 0) is 10.8 Å². The van der Waals surface area contributed by atoms with Crippen molar-refractivity contribution in [2.45, 2.75) is 52.4 Å². The van der Waals surface area contributed by atoms with E-state index in [1.54, 1.807) is 41.5 Å². The standard InChI is InChI=1S/C23H20BF10N2/c1-22(2,3)8-7-9(23(4,5)6)36(35-8)24(10-12(25)16(29)20(33)17(30)13(10)26)11-14(27)18(31)21(34)19(32)15(11)28/h7,35H,1-6H3. The van der Waals surface area contributed by atoms with Crippen LogP contribution in [0, 0.1) is 58.2 Å². The van der Waals surface area contributed by atoms with Crippen molar-refractivity contribution in [3.8, 4) is 0 Å². The Bertz CT molecular complexity index is 1240. The van der Waals surface area contributed by atoms with Crippen molar-refractivity contribution >= 4 is 17.8 Å². The average Bonchev–Trinajstić information content (AvgIpc) is 3.24. The van der Waals surface area contributed by atoms with Crippen molar-refractivity contribution < 1.29 is 48.5 Å². The minimum absolute atomic E-state index is 0.00491. The van der Waals surface area contributed by atoms with Gasteiger partial charge in [-0.25, -0.2) is 49.0 Å². The third-order valence-corrected chi connectivity index (χ3v) is 5.65. The Morgan fingerprint density at radius 1 is 0.528 bits per heavy atom. The van der Waals surface area contributed by atoms with E-state index in [2.05, 4.69) is 5.10 Å². The quantitative estimate of drug-likeness (QED) is 0.217. The summed E-state index contributed by atoms with van der Waals surface area (Å²) in [4.78, 5) is 0. The second-order valence-corrected chi connectivity index (χ2v) is 10.3. The molecule has 1 aromatic heterocycles. The normalized spacial score (nSPS) is 12.7. The first kappa shape index (κ1) is 27.6. The highest BCUT2D eigenvalue weighted by atomic mass is 19.2. The number of H-pyrrole nitrogens is 1. The van der Waals surface area contributed by atoms with Gasteiger partial charge in [0.1, 0.15) is 23.3 Å². The highest BCUT2D eigenvalue weighted by Gasteiger charge is 2.41. The topological polar surface area (TPSA) is 19.7 Å². The summed E-state index contributed by atoms with van der Waals surface area (Å²) in [6, 6.07) is 1.41. The Morgan fingerprint density at radius 2 is 0.833 bits per heavy atom. The second kappa shape index (κ2) is 8.84. The van der Waals surface area contributed by atoms with Crippen LogP contribution < -0.4 is 15.5 Å². The van der Waals surface area contributed by atoms with Crippen LogP contribution in [0.1, 0.15) is 52.9 Å². The van der Waals surface area contributed by atoms with Gasteiger partial charge in [-0.15, -0.1) is 0 Å². The van der Waals surface area contributed by atoms with E-state index in [1.807, 2.05) is 0 Å². The van der Waals surface area contributed by atoms with Crippen molar-refractivity contribution in [1.82, 2.24) is 5.10 Å². The third kappa shape index (κ3) is 4.26. The van der Waals surface area contributed by atoms with Crippen molar-refractivity contribution in [2.75, 3.05) is 0 Å². The van der Waals surface area contributed by atoms with Crippen LogP contribution in [-0.4, -0.2) is 11.9 Å². The first-order valence-corrected chi connectivity index (χ1v) is 10.5. The molecule has 0 aliphatic carbocycles. The Hall–Kier alpha value is -2.99. The third-order valence-electron chi connectivity index (χ3n) is 5.65. The average molecular weight is 525 g/mol. The molecule has 195 valence electrons. The molecule has 2 nitrogen and oxygen atoms in total. The molecule has 3 rings (SSSR count). The predicted octanol–water partition coefficient (Wildman–Crippen LogP) is 4.94. The van der Waals surface area contributed by atoms with Crippen LogP contribution in [0.3, 0.4) is 0 Å². The van der Waals surface area contributed by atoms with Gasteiger partial charge in [-0.1, -0.05) is 52.5 Å². The zero-order chi connectivity index (χ0) is 27.7. The molecule has 1 heterocycles. The molecule has 0 amide bonds. The van der Waals surface area contributed by atoms with Crippen LogP contribution >= 0.6 is 0 Å². The van der Waals surface area contributed by atoms with Crippen molar-refractivity contribution in [1.29, 1.82) is 0 Å². The fourth-order valence-corrected chi connectivity index (χ4v) is 3.72. The Balaban J connectivity index is 2.64. The summed E-state index contributed by atoms with van der Waals surface area (Å²) < 4.78 is 145. The van der Waals surface area contributed by atoms with E-state index in [4.69, 9.17) is 0 Å². The van der Waals surface area contributed by atoms with Crippen LogP contribution in [0.5, 0.6) is 0 Å². The molecular weight excluding hydrogens is 505 g/mol. The highest BCUT2D eigenvalue weighted by Crippen LogP contribution is 2.27. The molecule has 1 radical (unpaired) electrons. The number of hydrogen-bond acceptors (Lipinski definition) is 0. The van der Waals surface area contributed by atoms with Gasteiger partial charge in [0.25, 0.3) is 0 Å². The van der Waals surface area contributed by atoms with Gasteiger partial charge >= 0.3 is 6.85 Å². The van der Waals surface area contributed by atoms with E-state index in [1.165, 1.54) is 6.07 Å². The first-order chi connectivity index (χ1) is 16.3. The monoisotopic (exact) mass is 525 g/mol. The van der Waals surface area contributed by atoms with Gasteiger partial charge in [-0.3, -0.25) is 0 Å². The molecule has 36 heavy (non-hydrogen) atoms. The SMILES string of the molecule is CC(C)(C)c1cc(C(C)(C)C)[n+]([B-](c2c(F)c(F)c(F)c(F)c2F)c2c(F)c(F)c(F)c(F)c2F)[nH]1. The minimum Gasteiger partial charge on any atom is -0.347 e. The van der Waals surface area contributed by atoms with Crippen LogP contribution in [0.15, 0.2) is 6.07 Å². The lowest BCUT2D eigenvalue weighted by Gasteiger charge is -2.28. The van der Waals surface area contributed by atoms with Gasteiger partial charge < -0.3 is 4.59 Å². The fraction of sp³-hybridized carbons (Fsp3) is 0.348. The summed E-state index contributed by atoms with van der Waals surface area (Å²) in [5, 5.41) is 2.61. The number of halogens is 10. The lowest BCUT2D eigenvalue weighted by molar-refractivity contribution is -0.609. The Kier molecular flexibility index (Phi) is 6.78. The number of benzene rings is 2. The van der Waals surface area contributed by atoms with Gasteiger partial charge in [0.05, 0.1) is 5.69 Å². The molecule has 2 aromatic carbocycles. The van der Waals surface area contributed by atoms with Gasteiger partial charge in [0.15, 0.2) is 40.6 Å². The molecule has 1 N–H and O–H groups in total. The van der Waals surface area contributed by atoms with Crippen LogP contribution in [0.2, 0.25) is 0 Å². The maximum atomic E-state index is 15.0. The van der Waals surface area contributed by atoms with Crippen molar-refractivity contribution in [3.63, 3.8) is 0 Å². The van der Waals surface area contributed by atoms with E-state index in [9.17, 15) is 43.9 Å². The summed E-state index contributed by atoms with van der Waals surface area (Å²) in [5.74, 6) is -25.0. The summed E-state index contributed by atoms with van der Waals surface area (Å²) in [7, 11) is 0. The molecule has 0 spiro atoms. The molecule has 0 aliphatic rings. The minimum atomic E-state index is -2.72. The van der Waals surface area contributed by atoms with Gasteiger partial charge in [0.2, 0.25) is 0 Å². The van der Waals surface area contributed by atoms with E-state index < -0.39 is 86.8 Å². The smallest absolute Gasteiger partial charge is 0.311 e. The van der Waals surface area contributed by atoms with Gasteiger partial charge in [-0.2, -0.15) is 0 Å². The summed E-state index contributed by atoms with van der Waals surface area (Å²) in [6.45, 7) is 6.93. The number of nitrogens with one attached hydrogen (secondary N) is 1. The number of aromatic nitrogens is 2. The zero-order valence-electron chi connectivity index (χ0n) is 19.9. The number of hydrogen-bond donors (Lipinski definition) is 1. The van der Waals surface area contributed by atoms with E-state index in [-0.39, 0.29) is 11.4 Å². The Morgan fingerprint density at radius 3 is 1.11 bits per heavy atom. The first-order valence-electron chi connectivity index (χ1n) is 10.5. The summed E-state index contributed by atoms with van der Waals surface area (Å²) in [6.07, 6.45) is 0. The lowest BCUT2D eigenvalue weighted by atomic mass is 9.49. The Labute approximate surface area is 200 Å². The molecular formula is C23H20BF10N2. The second-order valence-electron chi connectivity index (χ2n) is 10.3. The highest BCUT2D eigenvalue weighted by molar-refractivity contribution is 6.78. The molecule has 3 aromatic rings. The largest absolute Gasteiger partial charge is 0.347 e. The molecule has 13 heteroatoms. The zero-order valence-corrected chi connectivity index (χ0v) is 19.9. The number of aromatic amines is 1. The molecule has 0 atom stereocenters. The van der Waals surface area contributed by atoms with E-state index in [0.717, 1.165) is 0 Å². The van der Waals surface area contributed by atoms with Gasteiger partial charge in [0, 0.05) is 16.9 Å².